The van der Waals surface area contributed by atoms with E-state index in [2.05, 4.69) is 34.9 Å². The lowest BCUT2D eigenvalue weighted by Crippen LogP contribution is -2.51. The molecule has 4 rings (SSSR count). The summed E-state index contributed by atoms with van der Waals surface area (Å²) in [6.45, 7) is 0.394. The molecular formula is C26H31N3O5. The molecule has 0 radical (unpaired) electrons. The van der Waals surface area contributed by atoms with Crippen molar-refractivity contribution >= 4 is 18.0 Å². The van der Waals surface area contributed by atoms with Crippen molar-refractivity contribution in [2.75, 3.05) is 27.2 Å². The fourth-order valence-corrected chi connectivity index (χ4v) is 5.07. The number of ether oxygens (including phenoxy) is 1. The van der Waals surface area contributed by atoms with E-state index in [-0.39, 0.29) is 31.0 Å². The Morgan fingerprint density at radius 1 is 1.03 bits per heavy atom. The minimum absolute atomic E-state index is 0.0387. The normalized spacial score (nSPS) is 19.9. The smallest absolute Gasteiger partial charge is 0.407 e. The predicted octanol–water partition coefficient (Wildman–Crippen LogP) is 2.82. The van der Waals surface area contributed by atoms with Crippen LogP contribution in [0.15, 0.2) is 48.5 Å². The Bertz CT molecular complexity index is 1020. The van der Waals surface area contributed by atoms with E-state index >= 15 is 0 Å². The van der Waals surface area contributed by atoms with Gasteiger partial charge in [-0.05, 0) is 49.2 Å². The van der Waals surface area contributed by atoms with Gasteiger partial charge in [0.05, 0.1) is 5.92 Å². The van der Waals surface area contributed by atoms with Crippen LogP contribution in [0, 0.1) is 5.92 Å². The molecule has 0 heterocycles. The van der Waals surface area contributed by atoms with Gasteiger partial charge in [0.1, 0.15) is 12.6 Å². The van der Waals surface area contributed by atoms with Crippen molar-refractivity contribution in [3.63, 3.8) is 0 Å². The van der Waals surface area contributed by atoms with E-state index in [0.717, 1.165) is 28.7 Å². The number of nitrogens with one attached hydrogen (secondary N) is 2. The van der Waals surface area contributed by atoms with Crippen LogP contribution in [0.4, 0.5) is 4.79 Å². The third-order valence-corrected chi connectivity index (χ3v) is 6.66. The van der Waals surface area contributed by atoms with E-state index in [1.807, 2.05) is 24.3 Å². The van der Waals surface area contributed by atoms with Crippen LogP contribution in [0.2, 0.25) is 0 Å². The van der Waals surface area contributed by atoms with Crippen LogP contribution in [0.3, 0.4) is 0 Å². The molecule has 0 saturated heterocycles. The zero-order valence-electron chi connectivity index (χ0n) is 19.5. The van der Waals surface area contributed by atoms with E-state index in [1.165, 1.54) is 0 Å². The van der Waals surface area contributed by atoms with Gasteiger partial charge in [0.2, 0.25) is 5.91 Å². The predicted molar refractivity (Wildman–Crippen MR) is 127 cm³/mol. The average Bonchev–Trinajstić information content (AvgIpc) is 3.39. The highest BCUT2D eigenvalue weighted by atomic mass is 16.5. The summed E-state index contributed by atoms with van der Waals surface area (Å²) in [5.74, 6) is -1.95. The first-order chi connectivity index (χ1) is 16.3. The van der Waals surface area contributed by atoms with Gasteiger partial charge in [-0.1, -0.05) is 55.0 Å². The zero-order valence-corrected chi connectivity index (χ0v) is 19.5. The van der Waals surface area contributed by atoms with E-state index in [9.17, 15) is 19.5 Å². The number of fused-ring (bicyclic) bond motifs is 3. The second kappa shape index (κ2) is 10.3. The number of carboxylic acids is 1. The third kappa shape index (κ3) is 5.07. The highest BCUT2D eigenvalue weighted by molar-refractivity contribution is 5.86. The maximum absolute atomic E-state index is 12.8. The van der Waals surface area contributed by atoms with Crippen LogP contribution < -0.4 is 10.6 Å². The number of carbonyl (C=O) groups excluding carboxylic acids is 2. The minimum Gasteiger partial charge on any atom is -0.480 e. The number of amides is 2. The molecule has 1 fully saturated rings. The number of carboxylic acid groups (broad SMARTS) is 1. The lowest BCUT2D eigenvalue weighted by atomic mass is 9.98. The Kier molecular flexibility index (Phi) is 7.17. The van der Waals surface area contributed by atoms with Crippen LogP contribution in [0.5, 0.6) is 0 Å². The summed E-state index contributed by atoms with van der Waals surface area (Å²) in [5.41, 5.74) is 4.58. The monoisotopic (exact) mass is 465 g/mol. The average molecular weight is 466 g/mol. The molecule has 34 heavy (non-hydrogen) atoms. The van der Waals surface area contributed by atoms with Gasteiger partial charge in [-0.15, -0.1) is 0 Å². The Morgan fingerprint density at radius 2 is 1.65 bits per heavy atom. The molecule has 0 bridgehead atoms. The summed E-state index contributed by atoms with van der Waals surface area (Å²) in [6, 6.07) is 14.9. The van der Waals surface area contributed by atoms with Gasteiger partial charge in [-0.3, -0.25) is 4.79 Å². The number of hydrogen-bond donors (Lipinski definition) is 3. The van der Waals surface area contributed by atoms with Gasteiger partial charge < -0.3 is 25.4 Å². The second-order valence-corrected chi connectivity index (χ2v) is 9.28. The SMILES string of the molecule is CN(C)C[C@H](NC(=O)[C@@H]1CCC[C@@H]1NC(=O)OCC1c2ccccc2-c2ccccc21)C(=O)O. The van der Waals surface area contributed by atoms with E-state index in [0.29, 0.717) is 12.8 Å². The summed E-state index contributed by atoms with van der Waals surface area (Å²) in [6.07, 6.45) is 1.45. The lowest BCUT2D eigenvalue weighted by Gasteiger charge is -2.24. The third-order valence-electron chi connectivity index (χ3n) is 6.66. The van der Waals surface area contributed by atoms with Gasteiger partial charge in [0.25, 0.3) is 0 Å². The first-order valence-electron chi connectivity index (χ1n) is 11.6. The molecule has 0 unspecified atom stereocenters. The number of benzene rings is 2. The number of hydrogen-bond acceptors (Lipinski definition) is 5. The zero-order chi connectivity index (χ0) is 24.2. The Hall–Kier alpha value is -3.39. The molecule has 0 spiro atoms. The number of nitrogens with zero attached hydrogens (tertiary/aromatic N) is 1. The molecule has 8 heteroatoms. The number of likely N-dealkylation sites (N-methyl/N-ethyl adjacent to an activating group) is 1. The summed E-state index contributed by atoms with van der Waals surface area (Å²) in [4.78, 5) is 38.7. The second-order valence-electron chi connectivity index (χ2n) is 9.28. The molecule has 2 aromatic carbocycles. The highest BCUT2D eigenvalue weighted by Gasteiger charge is 2.36. The maximum Gasteiger partial charge on any atom is 0.407 e. The summed E-state index contributed by atoms with van der Waals surface area (Å²) in [5, 5.41) is 14.9. The number of alkyl carbamates (subject to hydrolysis) is 1. The van der Waals surface area contributed by atoms with Gasteiger partial charge in [0.15, 0.2) is 0 Å². The molecule has 1 saturated carbocycles. The fraction of sp³-hybridized carbons (Fsp3) is 0.423. The summed E-state index contributed by atoms with van der Waals surface area (Å²) in [7, 11) is 3.50. The lowest BCUT2D eigenvalue weighted by molar-refractivity contribution is -0.143. The Labute approximate surface area is 199 Å². The Balaban J connectivity index is 1.36. The van der Waals surface area contributed by atoms with E-state index in [1.54, 1.807) is 19.0 Å². The van der Waals surface area contributed by atoms with Gasteiger partial charge in [-0.2, -0.15) is 0 Å². The molecule has 3 N–H and O–H groups in total. The van der Waals surface area contributed by atoms with Crippen molar-refractivity contribution in [3.05, 3.63) is 59.7 Å². The standard InChI is InChI=1S/C26H31N3O5/c1-29(2)14-23(25(31)32)27-24(30)20-12-7-13-22(20)28-26(33)34-15-21-18-10-5-3-8-16(18)17-9-4-6-11-19(17)21/h3-6,8-11,20-23H,7,12-15H2,1-2H3,(H,27,30)(H,28,33)(H,31,32)/t20-,22+,23+/m1/s1. The fourth-order valence-electron chi connectivity index (χ4n) is 5.07. The van der Waals surface area contributed by atoms with Crippen molar-refractivity contribution in [2.24, 2.45) is 5.92 Å². The number of aliphatic carboxylic acids is 1. The quantitative estimate of drug-likeness (QED) is 0.553. The largest absolute Gasteiger partial charge is 0.480 e. The molecule has 2 amide bonds. The van der Waals surface area contributed by atoms with Crippen molar-refractivity contribution < 1.29 is 24.2 Å². The molecular weight excluding hydrogens is 434 g/mol. The maximum atomic E-state index is 12.8. The van der Waals surface area contributed by atoms with Crippen LogP contribution in [-0.2, 0) is 14.3 Å². The molecule has 2 aliphatic carbocycles. The molecule has 3 atom stereocenters. The van der Waals surface area contributed by atoms with Gasteiger partial charge in [0, 0.05) is 18.5 Å². The summed E-state index contributed by atoms with van der Waals surface area (Å²) >= 11 is 0. The van der Waals surface area contributed by atoms with Crippen LogP contribution >= 0.6 is 0 Å². The minimum atomic E-state index is -1.08. The first-order valence-corrected chi connectivity index (χ1v) is 11.6. The molecule has 2 aromatic rings. The van der Waals surface area contributed by atoms with E-state index in [4.69, 9.17) is 4.74 Å². The Morgan fingerprint density at radius 3 is 2.24 bits per heavy atom. The molecule has 2 aliphatic rings. The van der Waals surface area contributed by atoms with Gasteiger partial charge >= 0.3 is 12.1 Å². The van der Waals surface area contributed by atoms with Crippen molar-refractivity contribution in [3.8, 4) is 11.1 Å². The van der Waals surface area contributed by atoms with E-state index < -0.39 is 24.0 Å². The van der Waals surface area contributed by atoms with Gasteiger partial charge in [-0.25, -0.2) is 9.59 Å². The number of carbonyl (C=O) groups is 3. The molecule has 0 aromatic heterocycles. The molecule has 180 valence electrons. The molecule has 8 nitrogen and oxygen atoms in total. The summed E-state index contributed by atoms with van der Waals surface area (Å²) < 4.78 is 5.62. The highest BCUT2D eigenvalue weighted by Crippen LogP contribution is 2.44. The molecule has 0 aliphatic heterocycles. The number of rotatable bonds is 8. The topological polar surface area (TPSA) is 108 Å². The van der Waals surface area contributed by atoms with Crippen LogP contribution in [0.1, 0.15) is 36.3 Å². The van der Waals surface area contributed by atoms with Crippen molar-refractivity contribution in [1.29, 1.82) is 0 Å². The van der Waals surface area contributed by atoms with Crippen LogP contribution in [-0.4, -0.2) is 67.3 Å². The first kappa shape index (κ1) is 23.8. The van der Waals surface area contributed by atoms with Crippen molar-refractivity contribution in [1.82, 2.24) is 15.5 Å². The van der Waals surface area contributed by atoms with Crippen LogP contribution in [0.25, 0.3) is 11.1 Å². The van der Waals surface area contributed by atoms with Crippen molar-refractivity contribution in [2.45, 2.75) is 37.3 Å².